The molecule has 0 fully saturated rings. The molecule has 2 aromatic rings. The molecular formula is C21H20Cl2N2O2. The highest BCUT2D eigenvalue weighted by atomic mass is 35.5. The molecule has 2 rings (SSSR count). The number of carbonyl (C=O) groups is 2. The lowest BCUT2D eigenvalue weighted by Gasteiger charge is -2.11. The number of halogens is 2. The normalized spacial score (nSPS) is 11.5. The maximum Gasteiger partial charge on any atom is 0.224 e. The van der Waals surface area contributed by atoms with Gasteiger partial charge in [0.15, 0.2) is 5.78 Å². The number of ketones is 1. The summed E-state index contributed by atoms with van der Waals surface area (Å²) in [5.41, 5.74) is 3.42. The number of carbonyl (C=O) groups excluding carboxylic acids is 2. The largest absolute Gasteiger partial charge is 0.326 e. The zero-order chi connectivity index (χ0) is 20.0. The molecule has 0 aliphatic carbocycles. The van der Waals surface area contributed by atoms with Gasteiger partial charge in [-0.3, -0.25) is 9.59 Å². The zero-order valence-corrected chi connectivity index (χ0v) is 16.7. The van der Waals surface area contributed by atoms with Crippen LogP contribution in [0, 0.1) is 25.2 Å². The van der Waals surface area contributed by atoms with Crippen molar-refractivity contribution in [1.29, 1.82) is 5.26 Å². The Bertz CT molecular complexity index is 904. The number of benzene rings is 2. The molecule has 0 radical (unpaired) electrons. The van der Waals surface area contributed by atoms with Gasteiger partial charge in [0.25, 0.3) is 0 Å². The Morgan fingerprint density at radius 1 is 1.07 bits per heavy atom. The van der Waals surface area contributed by atoms with Crippen LogP contribution in [0.15, 0.2) is 36.4 Å². The number of aryl methyl sites for hydroxylation is 2. The van der Waals surface area contributed by atoms with E-state index in [0.29, 0.717) is 17.0 Å². The molecule has 0 unspecified atom stereocenters. The number of nitriles is 1. The van der Waals surface area contributed by atoms with E-state index in [4.69, 9.17) is 23.2 Å². The van der Waals surface area contributed by atoms with Gasteiger partial charge in [0, 0.05) is 28.6 Å². The Labute approximate surface area is 169 Å². The third-order valence-corrected chi connectivity index (χ3v) is 4.90. The Balaban J connectivity index is 1.89. The van der Waals surface area contributed by atoms with Crippen LogP contribution in [-0.2, 0) is 9.59 Å². The maximum absolute atomic E-state index is 12.4. The van der Waals surface area contributed by atoms with Crippen molar-refractivity contribution in [2.45, 2.75) is 39.0 Å². The first-order valence-electron chi connectivity index (χ1n) is 8.56. The van der Waals surface area contributed by atoms with Gasteiger partial charge in [-0.1, -0.05) is 35.3 Å². The van der Waals surface area contributed by atoms with Crippen molar-refractivity contribution in [2.75, 3.05) is 5.32 Å². The van der Waals surface area contributed by atoms with Crippen LogP contribution >= 0.6 is 23.2 Å². The molecule has 2 aromatic carbocycles. The fourth-order valence-corrected chi connectivity index (χ4v) is 3.18. The summed E-state index contributed by atoms with van der Waals surface area (Å²) < 4.78 is 0. The smallest absolute Gasteiger partial charge is 0.224 e. The highest BCUT2D eigenvalue weighted by molar-refractivity contribution is 6.35. The third-order valence-electron chi connectivity index (χ3n) is 4.34. The minimum Gasteiger partial charge on any atom is -0.326 e. The van der Waals surface area contributed by atoms with E-state index >= 15 is 0 Å². The van der Waals surface area contributed by atoms with E-state index in [-0.39, 0.29) is 29.6 Å². The minimum absolute atomic E-state index is 0.123. The van der Waals surface area contributed by atoms with Crippen molar-refractivity contribution in [1.82, 2.24) is 0 Å². The van der Waals surface area contributed by atoms with Gasteiger partial charge in [0.2, 0.25) is 5.91 Å². The summed E-state index contributed by atoms with van der Waals surface area (Å²) in [6, 6.07) is 12.4. The minimum atomic E-state index is -0.961. The lowest BCUT2D eigenvalue weighted by atomic mass is 9.93. The van der Waals surface area contributed by atoms with Gasteiger partial charge in [-0.15, -0.1) is 0 Å². The quantitative estimate of drug-likeness (QED) is 0.655. The van der Waals surface area contributed by atoms with Crippen LogP contribution in [0.4, 0.5) is 5.69 Å². The van der Waals surface area contributed by atoms with Crippen LogP contribution in [0.25, 0.3) is 0 Å². The second kappa shape index (κ2) is 9.55. The van der Waals surface area contributed by atoms with E-state index in [1.807, 2.05) is 38.1 Å². The molecule has 1 N–H and O–H groups in total. The monoisotopic (exact) mass is 402 g/mol. The molecule has 140 valence electrons. The summed E-state index contributed by atoms with van der Waals surface area (Å²) in [6.07, 6.45) is 0.682. The molecule has 0 spiro atoms. The van der Waals surface area contributed by atoms with Crippen molar-refractivity contribution < 1.29 is 9.59 Å². The van der Waals surface area contributed by atoms with Gasteiger partial charge < -0.3 is 5.32 Å². The summed E-state index contributed by atoms with van der Waals surface area (Å²) >= 11 is 11.9. The fourth-order valence-electron chi connectivity index (χ4n) is 2.66. The average Bonchev–Trinajstić information content (AvgIpc) is 2.60. The molecule has 0 aliphatic heterocycles. The van der Waals surface area contributed by atoms with E-state index < -0.39 is 5.92 Å². The lowest BCUT2D eigenvalue weighted by Crippen LogP contribution is -2.14. The number of nitrogens with zero attached hydrogens (tertiary/aromatic N) is 1. The summed E-state index contributed by atoms with van der Waals surface area (Å²) in [5, 5.41) is 12.9. The molecular weight excluding hydrogens is 383 g/mol. The van der Waals surface area contributed by atoms with Gasteiger partial charge in [-0.25, -0.2) is 0 Å². The average molecular weight is 403 g/mol. The number of hydrogen-bond donors (Lipinski definition) is 1. The molecule has 0 heterocycles. The standard InChI is InChI=1S/C21H20Cl2N2O2/c1-13-6-8-16(10-14(13)2)25-21(27)5-3-4-20(26)18(12-24)17-9-7-15(22)11-19(17)23/h6-11,18H,3-5H2,1-2H3,(H,25,27)/t18-/m1/s1. The Morgan fingerprint density at radius 2 is 1.81 bits per heavy atom. The van der Waals surface area contributed by atoms with Crippen LogP contribution in [0.5, 0.6) is 0 Å². The summed E-state index contributed by atoms with van der Waals surface area (Å²) in [5.74, 6) is -1.39. The van der Waals surface area contributed by atoms with Crippen LogP contribution in [-0.4, -0.2) is 11.7 Å². The predicted molar refractivity (Wildman–Crippen MR) is 108 cm³/mol. The van der Waals surface area contributed by atoms with Crippen LogP contribution in [0.2, 0.25) is 10.0 Å². The number of nitrogens with one attached hydrogen (secondary N) is 1. The van der Waals surface area contributed by atoms with Gasteiger partial charge in [-0.2, -0.15) is 5.26 Å². The number of rotatable bonds is 7. The van der Waals surface area contributed by atoms with E-state index in [1.165, 1.54) is 6.07 Å². The highest BCUT2D eigenvalue weighted by Gasteiger charge is 2.22. The van der Waals surface area contributed by atoms with E-state index in [0.717, 1.165) is 16.8 Å². The zero-order valence-electron chi connectivity index (χ0n) is 15.2. The second-order valence-electron chi connectivity index (χ2n) is 6.40. The summed E-state index contributed by atoms with van der Waals surface area (Å²) in [6.45, 7) is 3.98. The second-order valence-corrected chi connectivity index (χ2v) is 7.24. The molecule has 0 bridgehead atoms. The predicted octanol–water partition coefficient (Wildman–Crippen LogP) is 5.60. The number of anilines is 1. The Hall–Kier alpha value is -2.35. The first-order valence-corrected chi connectivity index (χ1v) is 9.31. The van der Waals surface area contributed by atoms with E-state index in [2.05, 4.69) is 5.32 Å². The van der Waals surface area contributed by atoms with Crippen molar-refractivity contribution in [3.63, 3.8) is 0 Å². The van der Waals surface area contributed by atoms with E-state index in [1.54, 1.807) is 12.1 Å². The highest BCUT2D eigenvalue weighted by Crippen LogP contribution is 2.29. The molecule has 27 heavy (non-hydrogen) atoms. The summed E-state index contributed by atoms with van der Waals surface area (Å²) in [4.78, 5) is 24.5. The SMILES string of the molecule is Cc1ccc(NC(=O)CCCC(=O)[C@H](C#N)c2ccc(Cl)cc2Cl)cc1C. The van der Waals surface area contributed by atoms with Gasteiger partial charge in [0.05, 0.1) is 6.07 Å². The van der Waals surface area contributed by atoms with Crippen molar-refractivity contribution in [2.24, 2.45) is 0 Å². The molecule has 0 aliphatic rings. The third kappa shape index (κ3) is 5.82. The number of hydrogen-bond acceptors (Lipinski definition) is 3. The van der Waals surface area contributed by atoms with Crippen LogP contribution in [0.3, 0.4) is 0 Å². The lowest BCUT2D eigenvalue weighted by molar-refractivity contribution is -0.119. The molecule has 6 heteroatoms. The molecule has 0 saturated heterocycles. The topological polar surface area (TPSA) is 70.0 Å². The van der Waals surface area contributed by atoms with Crippen molar-refractivity contribution >= 4 is 40.6 Å². The van der Waals surface area contributed by atoms with Crippen LogP contribution in [0.1, 0.15) is 41.9 Å². The molecule has 0 saturated carbocycles. The molecule has 1 atom stereocenters. The van der Waals surface area contributed by atoms with Gasteiger partial charge in [-0.05, 0) is 61.2 Å². The Morgan fingerprint density at radius 3 is 2.44 bits per heavy atom. The molecule has 1 amide bonds. The van der Waals surface area contributed by atoms with Crippen molar-refractivity contribution in [3.05, 3.63) is 63.1 Å². The Kier molecular flexibility index (Phi) is 7.41. The van der Waals surface area contributed by atoms with Gasteiger partial charge >= 0.3 is 0 Å². The van der Waals surface area contributed by atoms with E-state index in [9.17, 15) is 14.9 Å². The summed E-state index contributed by atoms with van der Waals surface area (Å²) in [7, 11) is 0. The van der Waals surface area contributed by atoms with Gasteiger partial charge in [0.1, 0.15) is 5.92 Å². The first-order chi connectivity index (χ1) is 12.8. The van der Waals surface area contributed by atoms with Crippen LogP contribution < -0.4 is 5.32 Å². The molecule has 4 nitrogen and oxygen atoms in total. The number of amides is 1. The maximum atomic E-state index is 12.4. The first kappa shape index (κ1) is 21.0. The molecule has 0 aromatic heterocycles. The van der Waals surface area contributed by atoms with Crippen molar-refractivity contribution in [3.8, 4) is 6.07 Å². The fraction of sp³-hybridized carbons (Fsp3) is 0.286. The number of Topliss-reactive ketones (excluding diaryl/α,β-unsaturated/α-hetero) is 1.